The minimum Gasteiger partial charge on any atom is -0.348 e. The Bertz CT molecular complexity index is 805. The molecule has 5 nitrogen and oxygen atoms in total. The van der Waals surface area contributed by atoms with Crippen molar-refractivity contribution in [3.8, 4) is 0 Å². The van der Waals surface area contributed by atoms with Crippen molar-refractivity contribution in [2.75, 3.05) is 10.6 Å². The molecule has 0 aliphatic heterocycles. The van der Waals surface area contributed by atoms with E-state index in [0.717, 1.165) is 23.5 Å². The average Bonchev–Trinajstić information content (AvgIpc) is 3.10. The normalized spacial score (nSPS) is 11.7. The first kappa shape index (κ1) is 17.1. The number of anilines is 2. The summed E-state index contributed by atoms with van der Waals surface area (Å²) in [6, 6.07) is 19.0. The van der Waals surface area contributed by atoms with Crippen LogP contribution < -0.4 is 10.6 Å². The number of carbonyl (C=O) groups is 1. The Morgan fingerprint density at radius 1 is 1.08 bits per heavy atom. The third-order valence-corrected chi connectivity index (χ3v) is 4.41. The molecule has 1 heterocycles. The van der Waals surface area contributed by atoms with Crippen LogP contribution in [0.2, 0.25) is 0 Å². The molecule has 0 saturated carbocycles. The van der Waals surface area contributed by atoms with Crippen LogP contribution in [0.15, 0.2) is 60.7 Å². The number of para-hydroxylation sites is 1. The Hall–Kier alpha value is -2.73. The van der Waals surface area contributed by atoms with Crippen LogP contribution in [0.3, 0.4) is 0 Å². The molecule has 0 aliphatic rings. The Balaban J connectivity index is 1.76. The van der Waals surface area contributed by atoms with Crippen molar-refractivity contribution in [3.05, 3.63) is 72.1 Å². The van der Waals surface area contributed by atoms with Crippen LogP contribution in [-0.4, -0.2) is 21.3 Å². The van der Waals surface area contributed by atoms with Crippen molar-refractivity contribution in [1.29, 1.82) is 0 Å². The van der Waals surface area contributed by atoms with E-state index in [4.69, 9.17) is 0 Å². The quantitative estimate of drug-likeness (QED) is 0.679. The van der Waals surface area contributed by atoms with Gasteiger partial charge in [-0.05, 0) is 17.7 Å². The van der Waals surface area contributed by atoms with Crippen LogP contribution in [0.1, 0.15) is 18.3 Å². The molecule has 2 aromatic carbocycles. The summed E-state index contributed by atoms with van der Waals surface area (Å²) < 4.78 is 4.27. The van der Waals surface area contributed by atoms with Crippen molar-refractivity contribution in [3.63, 3.8) is 0 Å². The van der Waals surface area contributed by atoms with Gasteiger partial charge in [0.2, 0.25) is 11.0 Å². The fourth-order valence-electron chi connectivity index (χ4n) is 2.42. The predicted octanol–water partition coefficient (Wildman–Crippen LogP) is 3.76. The molecule has 6 heteroatoms. The molecule has 0 fully saturated rings. The number of aryl methyl sites for hydroxylation is 1. The summed E-state index contributed by atoms with van der Waals surface area (Å²) in [6.07, 6.45) is 1.35. The van der Waals surface area contributed by atoms with Crippen LogP contribution in [0, 0.1) is 0 Å². The summed E-state index contributed by atoms with van der Waals surface area (Å²) in [4.78, 5) is 17.2. The van der Waals surface area contributed by atoms with Gasteiger partial charge in [-0.15, -0.1) is 0 Å². The van der Waals surface area contributed by atoms with Gasteiger partial charge in [0.25, 0.3) is 0 Å². The second kappa shape index (κ2) is 8.39. The summed E-state index contributed by atoms with van der Waals surface area (Å²) in [5.74, 6) is 0.692. The highest BCUT2D eigenvalue weighted by atomic mass is 32.1. The van der Waals surface area contributed by atoms with Gasteiger partial charge in [-0.2, -0.15) is 4.37 Å². The zero-order valence-corrected chi connectivity index (χ0v) is 14.8. The lowest BCUT2D eigenvalue weighted by Gasteiger charge is -2.18. The second-order valence-electron chi connectivity index (χ2n) is 5.61. The van der Waals surface area contributed by atoms with E-state index in [1.165, 1.54) is 11.5 Å². The zero-order chi connectivity index (χ0) is 17.5. The third kappa shape index (κ3) is 4.87. The summed E-state index contributed by atoms with van der Waals surface area (Å²) >= 11 is 1.28. The van der Waals surface area contributed by atoms with Gasteiger partial charge in [0.05, 0.1) is 0 Å². The van der Waals surface area contributed by atoms with E-state index in [2.05, 4.69) is 20.0 Å². The summed E-state index contributed by atoms with van der Waals surface area (Å²) in [6.45, 7) is 2.01. The van der Waals surface area contributed by atoms with E-state index in [0.29, 0.717) is 11.6 Å². The largest absolute Gasteiger partial charge is 0.348 e. The molecule has 1 amide bonds. The Kier molecular flexibility index (Phi) is 5.74. The molecule has 0 radical (unpaired) electrons. The van der Waals surface area contributed by atoms with Crippen LogP contribution in [0.25, 0.3) is 0 Å². The second-order valence-corrected chi connectivity index (χ2v) is 6.36. The molecule has 0 saturated heterocycles. The molecule has 0 spiro atoms. The number of rotatable bonds is 7. The monoisotopic (exact) mass is 352 g/mol. The molecular weight excluding hydrogens is 332 g/mol. The fraction of sp³-hybridized carbons (Fsp3) is 0.211. The van der Waals surface area contributed by atoms with Gasteiger partial charge in [-0.1, -0.05) is 55.5 Å². The number of carbonyl (C=O) groups excluding carboxylic acids is 1. The minimum atomic E-state index is -0.430. The number of nitrogens with zero attached hydrogens (tertiary/aromatic N) is 2. The van der Waals surface area contributed by atoms with E-state index < -0.39 is 6.04 Å². The third-order valence-electron chi connectivity index (χ3n) is 3.72. The van der Waals surface area contributed by atoms with Gasteiger partial charge in [0.1, 0.15) is 11.9 Å². The fourth-order valence-corrected chi connectivity index (χ4v) is 3.12. The Labute approximate surface area is 151 Å². The van der Waals surface area contributed by atoms with Crippen LogP contribution in [0.5, 0.6) is 0 Å². The molecule has 128 valence electrons. The summed E-state index contributed by atoms with van der Waals surface area (Å²) in [5, 5.41) is 6.86. The van der Waals surface area contributed by atoms with E-state index in [-0.39, 0.29) is 5.91 Å². The summed E-state index contributed by atoms with van der Waals surface area (Å²) in [7, 11) is 0. The van der Waals surface area contributed by atoms with Crippen LogP contribution >= 0.6 is 11.5 Å². The van der Waals surface area contributed by atoms with E-state index in [1.54, 1.807) is 0 Å². The molecule has 3 rings (SSSR count). The average molecular weight is 352 g/mol. The molecule has 3 aromatic rings. The van der Waals surface area contributed by atoms with Gasteiger partial charge in [0.15, 0.2) is 0 Å². The highest BCUT2D eigenvalue weighted by Gasteiger charge is 2.20. The first-order valence-electron chi connectivity index (χ1n) is 8.23. The number of aromatic nitrogens is 2. The first-order chi connectivity index (χ1) is 12.2. The maximum atomic E-state index is 12.8. The molecule has 1 aromatic heterocycles. The predicted molar refractivity (Wildman–Crippen MR) is 102 cm³/mol. The SMILES string of the molecule is CCc1nsc(N[C@H](Cc2ccccc2)C(=O)Nc2ccccc2)n1. The molecule has 25 heavy (non-hydrogen) atoms. The van der Waals surface area contributed by atoms with Crippen LogP contribution in [0.4, 0.5) is 10.8 Å². The molecule has 2 N–H and O–H groups in total. The standard InChI is InChI=1S/C19H20N4OS/c1-2-17-22-19(25-23-17)21-16(13-14-9-5-3-6-10-14)18(24)20-15-11-7-4-8-12-15/h3-12,16H,2,13H2,1H3,(H,20,24)(H,21,22,23)/t16-/m1/s1. The van der Waals surface area contributed by atoms with Crippen molar-refractivity contribution in [2.24, 2.45) is 0 Å². The van der Waals surface area contributed by atoms with Gasteiger partial charge in [0, 0.05) is 30.1 Å². The minimum absolute atomic E-state index is 0.0942. The Morgan fingerprint density at radius 2 is 1.76 bits per heavy atom. The zero-order valence-electron chi connectivity index (χ0n) is 14.0. The lowest BCUT2D eigenvalue weighted by molar-refractivity contribution is -0.116. The number of hydrogen-bond acceptors (Lipinski definition) is 5. The molecular formula is C19H20N4OS. The maximum Gasteiger partial charge on any atom is 0.247 e. The molecule has 0 aliphatic carbocycles. The van der Waals surface area contributed by atoms with Crippen molar-refractivity contribution < 1.29 is 4.79 Å². The number of amides is 1. The van der Waals surface area contributed by atoms with Crippen molar-refractivity contribution in [2.45, 2.75) is 25.8 Å². The van der Waals surface area contributed by atoms with E-state index in [1.807, 2.05) is 67.6 Å². The van der Waals surface area contributed by atoms with Crippen LogP contribution in [-0.2, 0) is 17.6 Å². The number of hydrogen-bond donors (Lipinski definition) is 2. The highest BCUT2D eigenvalue weighted by molar-refractivity contribution is 7.09. The van der Waals surface area contributed by atoms with Gasteiger partial charge >= 0.3 is 0 Å². The number of benzene rings is 2. The smallest absolute Gasteiger partial charge is 0.247 e. The molecule has 0 bridgehead atoms. The van der Waals surface area contributed by atoms with Crippen molar-refractivity contribution in [1.82, 2.24) is 9.36 Å². The van der Waals surface area contributed by atoms with Gasteiger partial charge in [-0.3, -0.25) is 4.79 Å². The summed E-state index contributed by atoms with van der Waals surface area (Å²) in [5.41, 5.74) is 1.86. The maximum absolute atomic E-state index is 12.8. The van der Waals surface area contributed by atoms with Gasteiger partial charge < -0.3 is 10.6 Å². The number of nitrogens with one attached hydrogen (secondary N) is 2. The molecule has 0 unspecified atom stereocenters. The first-order valence-corrected chi connectivity index (χ1v) is 9.01. The van der Waals surface area contributed by atoms with Crippen molar-refractivity contribution >= 4 is 28.3 Å². The molecule has 1 atom stereocenters. The highest BCUT2D eigenvalue weighted by Crippen LogP contribution is 2.16. The van der Waals surface area contributed by atoms with E-state index in [9.17, 15) is 4.79 Å². The lowest BCUT2D eigenvalue weighted by Crippen LogP contribution is -2.36. The van der Waals surface area contributed by atoms with Gasteiger partial charge in [-0.25, -0.2) is 4.98 Å². The Morgan fingerprint density at radius 3 is 2.40 bits per heavy atom. The lowest BCUT2D eigenvalue weighted by atomic mass is 10.1. The van der Waals surface area contributed by atoms with E-state index >= 15 is 0 Å². The topological polar surface area (TPSA) is 66.9 Å².